The highest BCUT2D eigenvalue weighted by Gasteiger charge is 2.34. The lowest BCUT2D eigenvalue weighted by molar-refractivity contribution is 0.111. The Morgan fingerprint density at radius 3 is 2.65 bits per heavy atom. The van der Waals surface area contributed by atoms with E-state index in [-0.39, 0.29) is 24.0 Å². The van der Waals surface area contributed by atoms with Gasteiger partial charge in [0.1, 0.15) is 11.5 Å². The van der Waals surface area contributed by atoms with Gasteiger partial charge < -0.3 is 9.84 Å². The van der Waals surface area contributed by atoms with E-state index in [1.807, 2.05) is 0 Å². The van der Waals surface area contributed by atoms with Crippen LogP contribution < -0.4 is 4.74 Å². The maximum absolute atomic E-state index is 12.8. The monoisotopic (exact) mass is 375 g/mol. The van der Waals surface area contributed by atoms with E-state index in [4.69, 9.17) is 4.74 Å². The molecule has 26 heavy (non-hydrogen) atoms. The zero-order valence-corrected chi connectivity index (χ0v) is 15.1. The van der Waals surface area contributed by atoms with Crippen molar-refractivity contribution in [3.63, 3.8) is 0 Å². The molecule has 0 bridgehead atoms. The maximum atomic E-state index is 12.8. The normalized spacial score (nSPS) is 17.9. The summed E-state index contributed by atoms with van der Waals surface area (Å²) >= 11 is 0. The van der Waals surface area contributed by atoms with Gasteiger partial charge in [0, 0.05) is 12.6 Å². The molecule has 0 unspecified atom stereocenters. The van der Waals surface area contributed by atoms with Crippen LogP contribution in [0.15, 0.2) is 53.4 Å². The molecule has 0 spiro atoms. The molecule has 1 saturated heterocycles. The van der Waals surface area contributed by atoms with Crippen LogP contribution in [0.2, 0.25) is 0 Å². The fourth-order valence-corrected chi connectivity index (χ4v) is 4.97. The Morgan fingerprint density at radius 2 is 1.92 bits per heavy atom. The molecule has 6 nitrogen and oxygen atoms in total. The van der Waals surface area contributed by atoms with Crippen LogP contribution >= 0.6 is 0 Å². The van der Waals surface area contributed by atoms with Crippen molar-refractivity contribution in [2.24, 2.45) is 0 Å². The summed E-state index contributed by atoms with van der Waals surface area (Å²) < 4.78 is 32.8. The Kier molecular flexibility index (Phi) is 5.58. The van der Waals surface area contributed by atoms with Crippen LogP contribution in [0.5, 0.6) is 11.5 Å². The second-order valence-corrected chi connectivity index (χ2v) is 8.06. The number of sulfonamides is 1. The first-order chi connectivity index (χ1) is 12.5. The zero-order chi connectivity index (χ0) is 18.6. The number of rotatable bonds is 7. The average Bonchev–Trinajstić information content (AvgIpc) is 3.12. The Bertz CT molecular complexity index is 867. The fraction of sp³-hybridized carbons (Fsp3) is 0.316. The number of ether oxygens (including phenoxy) is 1. The second kappa shape index (κ2) is 7.88. The van der Waals surface area contributed by atoms with E-state index >= 15 is 0 Å². The van der Waals surface area contributed by atoms with Crippen molar-refractivity contribution in [3.05, 3.63) is 54.1 Å². The van der Waals surface area contributed by atoms with Crippen LogP contribution in [-0.4, -0.2) is 43.3 Å². The molecule has 0 aromatic heterocycles. The summed E-state index contributed by atoms with van der Waals surface area (Å²) in [5, 5.41) is 9.68. The van der Waals surface area contributed by atoms with Crippen LogP contribution in [-0.2, 0) is 10.0 Å². The van der Waals surface area contributed by atoms with Crippen molar-refractivity contribution in [2.75, 3.05) is 13.2 Å². The van der Waals surface area contributed by atoms with E-state index in [9.17, 15) is 18.3 Å². The summed E-state index contributed by atoms with van der Waals surface area (Å²) in [4.78, 5) is 11.4. The molecule has 7 heteroatoms. The van der Waals surface area contributed by atoms with Crippen molar-refractivity contribution < 1.29 is 23.1 Å². The second-order valence-electron chi connectivity index (χ2n) is 6.17. The number of nitrogens with zero attached hydrogens (tertiary/aromatic N) is 1. The number of carbonyl (C=O) groups is 1. The molecule has 1 aliphatic rings. The summed E-state index contributed by atoms with van der Waals surface area (Å²) in [5.74, 6) is 0.169. The Labute approximate surface area is 153 Å². The Balaban J connectivity index is 1.67. The molecule has 1 atom stereocenters. The number of phenolic OH excluding ortho intramolecular Hbond substituents is 1. The predicted octanol–water partition coefficient (Wildman–Crippen LogP) is 2.83. The van der Waals surface area contributed by atoms with Crippen LogP contribution in [0, 0.1) is 0 Å². The van der Waals surface area contributed by atoms with Gasteiger partial charge in [0.05, 0.1) is 17.1 Å². The minimum absolute atomic E-state index is 0.104. The number of carbonyl (C=O) groups excluding carboxylic acids is 1. The van der Waals surface area contributed by atoms with Gasteiger partial charge in [0.15, 0.2) is 6.29 Å². The third-order valence-corrected chi connectivity index (χ3v) is 6.51. The van der Waals surface area contributed by atoms with E-state index in [0.717, 1.165) is 12.8 Å². The van der Waals surface area contributed by atoms with E-state index in [0.29, 0.717) is 29.9 Å². The first-order valence-electron chi connectivity index (χ1n) is 8.51. The number of hydrogen-bond acceptors (Lipinski definition) is 5. The lowest BCUT2D eigenvalue weighted by Crippen LogP contribution is -2.36. The van der Waals surface area contributed by atoms with E-state index in [1.165, 1.54) is 10.4 Å². The van der Waals surface area contributed by atoms with Gasteiger partial charge in [-0.1, -0.05) is 24.3 Å². The highest BCUT2D eigenvalue weighted by molar-refractivity contribution is 7.89. The summed E-state index contributed by atoms with van der Waals surface area (Å²) in [7, 11) is -3.52. The van der Waals surface area contributed by atoms with E-state index in [2.05, 4.69) is 0 Å². The topological polar surface area (TPSA) is 83.9 Å². The first-order valence-corrected chi connectivity index (χ1v) is 9.95. The van der Waals surface area contributed by atoms with Crippen molar-refractivity contribution in [1.29, 1.82) is 0 Å². The number of benzene rings is 2. The van der Waals surface area contributed by atoms with Gasteiger partial charge >= 0.3 is 0 Å². The largest absolute Gasteiger partial charge is 0.507 e. The highest BCUT2D eigenvalue weighted by atomic mass is 32.2. The molecule has 138 valence electrons. The first kappa shape index (κ1) is 18.4. The van der Waals surface area contributed by atoms with Gasteiger partial charge in [-0.15, -0.1) is 0 Å². The van der Waals surface area contributed by atoms with E-state index in [1.54, 1.807) is 42.5 Å². The molecule has 0 aliphatic carbocycles. The zero-order valence-electron chi connectivity index (χ0n) is 14.2. The Hall–Kier alpha value is -2.38. The molecule has 0 radical (unpaired) electrons. The average molecular weight is 375 g/mol. The summed E-state index contributed by atoms with van der Waals surface area (Å²) in [6, 6.07) is 12.9. The lowest BCUT2D eigenvalue weighted by Gasteiger charge is -2.24. The highest BCUT2D eigenvalue weighted by Crippen LogP contribution is 2.29. The molecule has 1 heterocycles. The standard InChI is InChI=1S/C19H21NO5S/c21-14-17-18(22)9-4-10-19(17)25-13-11-15-6-5-12-20(15)26(23,24)16-7-2-1-3-8-16/h1-4,7-10,14-15,22H,5-6,11-13H2/t15-/m0/s1. The van der Waals surface area contributed by atoms with Gasteiger partial charge in [0.25, 0.3) is 0 Å². The van der Waals surface area contributed by atoms with Crippen molar-refractivity contribution in [1.82, 2.24) is 4.31 Å². The van der Waals surface area contributed by atoms with Gasteiger partial charge in [-0.25, -0.2) is 8.42 Å². The predicted molar refractivity (Wildman–Crippen MR) is 97.0 cm³/mol. The summed E-state index contributed by atoms with van der Waals surface area (Å²) in [6.07, 6.45) is 2.64. The third kappa shape index (κ3) is 3.73. The van der Waals surface area contributed by atoms with Gasteiger partial charge in [-0.2, -0.15) is 4.31 Å². The van der Waals surface area contributed by atoms with Crippen molar-refractivity contribution >= 4 is 16.3 Å². The number of aromatic hydroxyl groups is 1. The minimum Gasteiger partial charge on any atom is -0.507 e. The molecule has 2 aromatic carbocycles. The van der Waals surface area contributed by atoms with Crippen molar-refractivity contribution in [2.45, 2.75) is 30.2 Å². The quantitative estimate of drug-likeness (QED) is 0.753. The van der Waals surface area contributed by atoms with Gasteiger partial charge in [-0.3, -0.25) is 4.79 Å². The molecular formula is C19H21NO5S. The number of aldehydes is 1. The summed E-state index contributed by atoms with van der Waals surface area (Å²) in [6.45, 7) is 0.753. The van der Waals surface area contributed by atoms with Crippen molar-refractivity contribution in [3.8, 4) is 11.5 Å². The van der Waals surface area contributed by atoms with Crippen LogP contribution in [0.25, 0.3) is 0 Å². The number of hydrogen-bond donors (Lipinski definition) is 1. The van der Waals surface area contributed by atoms with Gasteiger partial charge in [-0.05, 0) is 43.5 Å². The van der Waals surface area contributed by atoms with Gasteiger partial charge in [0.2, 0.25) is 10.0 Å². The molecule has 0 amide bonds. The molecule has 3 rings (SSSR count). The number of phenols is 1. The van der Waals surface area contributed by atoms with Crippen LogP contribution in [0.3, 0.4) is 0 Å². The van der Waals surface area contributed by atoms with Crippen LogP contribution in [0.4, 0.5) is 0 Å². The molecule has 1 fully saturated rings. The smallest absolute Gasteiger partial charge is 0.243 e. The molecule has 2 aromatic rings. The lowest BCUT2D eigenvalue weighted by atomic mass is 10.1. The molecular weight excluding hydrogens is 354 g/mol. The molecule has 1 N–H and O–H groups in total. The third-order valence-electron chi connectivity index (χ3n) is 4.54. The fourth-order valence-electron chi connectivity index (χ4n) is 3.22. The summed E-state index contributed by atoms with van der Waals surface area (Å²) in [5.41, 5.74) is 0.104. The SMILES string of the molecule is O=Cc1c(O)cccc1OCC[C@@H]1CCCN1S(=O)(=O)c1ccccc1. The van der Waals surface area contributed by atoms with Crippen LogP contribution in [0.1, 0.15) is 29.6 Å². The molecule has 0 saturated carbocycles. The van der Waals surface area contributed by atoms with E-state index < -0.39 is 10.0 Å². The maximum Gasteiger partial charge on any atom is 0.243 e. The molecule has 1 aliphatic heterocycles. The Morgan fingerprint density at radius 1 is 1.15 bits per heavy atom. The minimum atomic E-state index is -3.52.